The van der Waals surface area contributed by atoms with Crippen LogP contribution in [-0.2, 0) is 20.9 Å². The van der Waals surface area contributed by atoms with Crippen molar-refractivity contribution < 1.29 is 14.3 Å². The number of nitrogens with zero attached hydrogens (tertiary/aromatic N) is 3. The molecule has 0 aliphatic carbocycles. The molecule has 1 saturated heterocycles. The first-order valence-corrected chi connectivity index (χ1v) is 10.1. The van der Waals surface area contributed by atoms with Crippen molar-refractivity contribution in [2.24, 2.45) is 0 Å². The minimum Gasteiger partial charge on any atom is -0.379 e. The van der Waals surface area contributed by atoms with Gasteiger partial charge in [-0.15, -0.1) is 0 Å². The molecule has 1 aromatic carbocycles. The number of hydrogen-bond donors (Lipinski definition) is 2. The molecular weight excluding hydrogens is 382 g/mol. The van der Waals surface area contributed by atoms with Crippen LogP contribution in [0.4, 0.5) is 11.5 Å². The number of anilines is 2. The van der Waals surface area contributed by atoms with Gasteiger partial charge in [0.1, 0.15) is 5.82 Å². The van der Waals surface area contributed by atoms with Gasteiger partial charge in [0, 0.05) is 31.5 Å². The van der Waals surface area contributed by atoms with Crippen LogP contribution in [0.1, 0.15) is 11.1 Å². The maximum absolute atomic E-state index is 12.3. The Morgan fingerprint density at radius 1 is 1.07 bits per heavy atom. The maximum atomic E-state index is 12.3. The molecule has 1 aromatic heterocycles. The number of morpholine rings is 1. The lowest BCUT2D eigenvalue weighted by Gasteiger charge is -2.26. The van der Waals surface area contributed by atoms with Crippen molar-refractivity contribution in [3.8, 4) is 0 Å². The first kappa shape index (κ1) is 21.9. The molecule has 0 spiro atoms. The average Bonchev–Trinajstić information content (AvgIpc) is 2.70. The van der Waals surface area contributed by atoms with E-state index in [4.69, 9.17) is 4.74 Å². The minimum atomic E-state index is -0.212. The summed E-state index contributed by atoms with van der Waals surface area (Å²) in [6.45, 7) is 6.47. The number of rotatable bonds is 8. The van der Waals surface area contributed by atoms with E-state index in [2.05, 4.69) is 20.5 Å². The summed E-state index contributed by atoms with van der Waals surface area (Å²) in [7, 11) is 1.73. The lowest BCUT2D eigenvalue weighted by molar-refractivity contribution is -0.119. The molecule has 1 aliphatic rings. The number of ether oxygens (including phenoxy) is 1. The average molecular weight is 412 g/mol. The Hall–Kier alpha value is -2.81. The molecule has 0 bridgehead atoms. The molecule has 2 N–H and O–H groups in total. The van der Waals surface area contributed by atoms with E-state index < -0.39 is 0 Å². The van der Waals surface area contributed by atoms with Gasteiger partial charge in [-0.3, -0.25) is 19.4 Å². The zero-order chi connectivity index (χ0) is 21.3. The first-order valence-electron chi connectivity index (χ1n) is 10.1. The summed E-state index contributed by atoms with van der Waals surface area (Å²) in [5, 5.41) is 5.62. The van der Waals surface area contributed by atoms with Gasteiger partial charge >= 0.3 is 0 Å². The van der Waals surface area contributed by atoms with Crippen LogP contribution in [0.3, 0.4) is 0 Å². The van der Waals surface area contributed by atoms with Crippen LogP contribution in [0.5, 0.6) is 0 Å². The van der Waals surface area contributed by atoms with E-state index in [1.165, 1.54) is 5.56 Å². The van der Waals surface area contributed by atoms with E-state index in [1.54, 1.807) is 24.2 Å². The molecule has 30 heavy (non-hydrogen) atoms. The molecule has 160 valence electrons. The molecule has 0 saturated carbocycles. The van der Waals surface area contributed by atoms with Crippen molar-refractivity contribution in [3.63, 3.8) is 0 Å². The fourth-order valence-electron chi connectivity index (χ4n) is 3.24. The highest BCUT2D eigenvalue weighted by molar-refractivity contribution is 5.94. The molecule has 0 radical (unpaired) electrons. The van der Waals surface area contributed by atoms with Crippen LogP contribution in [-0.4, -0.2) is 73.0 Å². The molecule has 1 aliphatic heterocycles. The van der Waals surface area contributed by atoms with E-state index in [9.17, 15) is 9.59 Å². The minimum absolute atomic E-state index is 0.0987. The normalized spacial score (nSPS) is 14.5. The topological polar surface area (TPSA) is 86.8 Å². The number of aryl methyl sites for hydroxylation is 1. The molecule has 0 unspecified atom stereocenters. The highest BCUT2D eigenvalue weighted by Crippen LogP contribution is 2.12. The molecular formula is C22H29N5O3. The second-order valence-electron chi connectivity index (χ2n) is 7.57. The second-order valence-corrected chi connectivity index (χ2v) is 7.57. The fourth-order valence-corrected chi connectivity index (χ4v) is 3.24. The van der Waals surface area contributed by atoms with E-state index >= 15 is 0 Å². The maximum Gasteiger partial charge on any atom is 0.239 e. The number of aromatic nitrogens is 1. The Labute approximate surface area is 177 Å². The third-order valence-electron chi connectivity index (χ3n) is 4.76. The van der Waals surface area contributed by atoms with Gasteiger partial charge in [-0.2, -0.15) is 0 Å². The van der Waals surface area contributed by atoms with E-state index in [0.29, 0.717) is 5.82 Å². The van der Waals surface area contributed by atoms with Crippen molar-refractivity contribution in [1.82, 2.24) is 14.8 Å². The molecule has 8 nitrogen and oxygen atoms in total. The summed E-state index contributed by atoms with van der Waals surface area (Å²) in [6.07, 6.45) is 1.65. The van der Waals surface area contributed by atoms with Gasteiger partial charge in [-0.1, -0.05) is 12.1 Å². The quantitative estimate of drug-likeness (QED) is 0.688. The zero-order valence-corrected chi connectivity index (χ0v) is 17.6. The zero-order valence-electron chi connectivity index (χ0n) is 17.6. The van der Waals surface area contributed by atoms with Gasteiger partial charge in [0.25, 0.3) is 0 Å². The van der Waals surface area contributed by atoms with Crippen LogP contribution in [0, 0.1) is 6.92 Å². The Morgan fingerprint density at radius 2 is 1.73 bits per heavy atom. The lowest BCUT2D eigenvalue weighted by Crippen LogP contribution is -2.36. The number of carbonyl (C=O) groups excluding carboxylic acids is 2. The largest absolute Gasteiger partial charge is 0.379 e. The summed E-state index contributed by atoms with van der Waals surface area (Å²) in [5.41, 5.74) is 2.96. The number of hydrogen-bond acceptors (Lipinski definition) is 6. The molecule has 8 heteroatoms. The predicted octanol–water partition coefficient (Wildman–Crippen LogP) is 1.73. The van der Waals surface area contributed by atoms with Gasteiger partial charge in [-0.25, -0.2) is 4.98 Å². The van der Waals surface area contributed by atoms with Gasteiger partial charge < -0.3 is 15.4 Å². The summed E-state index contributed by atoms with van der Waals surface area (Å²) in [4.78, 5) is 32.5. The standard InChI is InChI=1S/C22H29N5O3/c1-17-7-8-23-20(13-17)25-22(29)16-26(2)15-21(28)24-19-5-3-18(4-6-19)14-27-9-11-30-12-10-27/h3-8,13H,9-12,14-16H2,1-2H3,(H,24,28)(H,23,25,29). The van der Waals surface area contributed by atoms with E-state index in [-0.39, 0.29) is 24.9 Å². The second kappa shape index (κ2) is 10.8. The number of pyridine rings is 1. The van der Waals surface area contributed by atoms with Gasteiger partial charge in [0.2, 0.25) is 11.8 Å². The van der Waals surface area contributed by atoms with Crippen LogP contribution in [0.2, 0.25) is 0 Å². The molecule has 2 heterocycles. The number of carbonyl (C=O) groups is 2. The Kier molecular flexibility index (Phi) is 7.89. The third kappa shape index (κ3) is 7.22. The number of benzene rings is 1. The first-order chi connectivity index (χ1) is 14.5. The number of amides is 2. The summed E-state index contributed by atoms with van der Waals surface area (Å²) in [6, 6.07) is 11.5. The SMILES string of the molecule is Cc1ccnc(NC(=O)CN(C)CC(=O)Nc2ccc(CN3CCOCC3)cc2)c1. The summed E-state index contributed by atoms with van der Waals surface area (Å²) in [5.74, 6) is 0.130. The Balaban J connectivity index is 1.41. The molecule has 2 amide bonds. The van der Waals surface area contributed by atoms with Crippen molar-refractivity contribution in [3.05, 3.63) is 53.7 Å². The van der Waals surface area contributed by atoms with Gasteiger partial charge in [0.15, 0.2) is 0 Å². The van der Waals surface area contributed by atoms with Gasteiger partial charge in [-0.05, 0) is 49.4 Å². The molecule has 3 rings (SSSR count). The van der Waals surface area contributed by atoms with Crippen LogP contribution in [0.15, 0.2) is 42.6 Å². The van der Waals surface area contributed by atoms with E-state index in [0.717, 1.165) is 44.1 Å². The predicted molar refractivity (Wildman–Crippen MR) is 116 cm³/mol. The summed E-state index contributed by atoms with van der Waals surface area (Å²) >= 11 is 0. The molecule has 0 atom stereocenters. The smallest absolute Gasteiger partial charge is 0.239 e. The molecule has 2 aromatic rings. The Morgan fingerprint density at radius 3 is 2.40 bits per heavy atom. The van der Waals surface area contributed by atoms with E-state index in [1.807, 2.05) is 37.3 Å². The van der Waals surface area contributed by atoms with Crippen LogP contribution < -0.4 is 10.6 Å². The monoisotopic (exact) mass is 411 g/mol. The van der Waals surface area contributed by atoms with Crippen molar-refractivity contribution in [2.75, 3.05) is 57.1 Å². The number of nitrogens with one attached hydrogen (secondary N) is 2. The van der Waals surface area contributed by atoms with Crippen molar-refractivity contribution in [2.45, 2.75) is 13.5 Å². The highest BCUT2D eigenvalue weighted by Gasteiger charge is 2.13. The summed E-state index contributed by atoms with van der Waals surface area (Å²) < 4.78 is 5.37. The highest BCUT2D eigenvalue weighted by atomic mass is 16.5. The number of likely N-dealkylation sites (N-methyl/N-ethyl adjacent to an activating group) is 1. The van der Waals surface area contributed by atoms with Crippen molar-refractivity contribution in [1.29, 1.82) is 0 Å². The molecule has 1 fully saturated rings. The van der Waals surface area contributed by atoms with Gasteiger partial charge in [0.05, 0.1) is 26.3 Å². The van der Waals surface area contributed by atoms with Crippen molar-refractivity contribution >= 4 is 23.3 Å². The van der Waals surface area contributed by atoms with Crippen LogP contribution in [0.25, 0.3) is 0 Å². The fraction of sp³-hybridized carbons (Fsp3) is 0.409. The van der Waals surface area contributed by atoms with Crippen LogP contribution >= 0.6 is 0 Å². The lowest BCUT2D eigenvalue weighted by atomic mass is 10.2. The Bertz CT molecular complexity index is 850. The third-order valence-corrected chi connectivity index (χ3v) is 4.76.